The lowest BCUT2D eigenvalue weighted by atomic mass is 9.63. The Kier molecular flexibility index (Phi) is 2.99. The molecule has 0 unspecified atom stereocenters. The summed E-state index contributed by atoms with van der Waals surface area (Å²) >= 11 is 6.05. The number of allylic oxidation sites excluding steroid dienone is 2. The second kappa shape index (κ2) is 4.94. The van der Waals surface area contributed by atoms with Crippen molar-refractivity contribution in [3.8, 4) is 0 Å². The van der Waals surface area contributed by atoms with Crippen molar-refractivity contribution in [3.05, 3.63) is 40.9 Å². The van der Waals surface area contributed by atoms with Crippen molar-refractivity contribution in [2.45, 2.75) is 6.42 Å². The average molecular weight is 358 g/mol. The molecular weight excluding hydrogens is 342 g/mol. The molecule has 1 aliphatic heterocycles. The predicted octanol–water partition coefficient (Wildman–Crippen LogP) is 2.68. The number of nitrogens with zero attached hydrogens (tertiary/aromatic N) is 1. The summed E-state index contributed by atoms with van der Waals surface area (Å²) < 4.78 is 4.73. The molecule has 1 aromatic rings. The first-order valence-corrected chi connectivity index (χ1v) is 8.84. The summed E-state index contributed by atoms with van der Waals surface area (Å²) in [4.78, 5) is 39.2. The van der Waals surface area contributed by atoms with Crippen LogP contribution in [0.2, 0.25) is 5.02 Å². The van der Waals surface area contributed by atoms with Crippen LogP contribution in [0.15, 0.2) is 30.4 Å². The molecule has 2 amide bonds. The van der Waals surface area contributed by atoms with Gasteiger partial charge in [-0.05, 0) is 48.3 Å². The van der Waals surface area contributed by atoms with Gasteiger partial charge in [0.1, 0.15) is 0 Å². The van der Waals surface area contributed by atoms with Crippen LogP contribution in [0.4, 0.5) is 5.69 Å². The molecule has 1 saturated heterocycles. The van der Waals surface area contributed by atoms with Crippen LogP contribution in [0.5, 0.6) is 0 Å². The Morgan fingerprint density at radius 1 is 1.12 bits per heavy atom. The minimum atomic E-state index is -0.591. The Balaban J connectivity index is 1.55. The first-order chi connectivity index (χ1) is 12.0. The molecule has 128 valence electrons. The van der Waals surface area contributed by atoms with Crippen molar-refractivity contribution in [1.82, 2.24) is 0 Å². The number of halogens is 1. The summed E-state index contributed by atoms with van der Waals surface area (Å²) in [7, 11) is 1.27. The first-order valence-electron chi connectivity index (χ1n) is 8.47. The molecule has 1 heterocycles. The van der Waals surface area contributed by atoms with Gasteiger partial charge in [-0.15, -0.1) is 0 Å². The molecule has 2 saturated carbocycles. The Bertz CT molecular complexity index is 827. The van der Waals surface area contributed by atoms with Crippen molar-refractivity contribution in [3.63, 3.8) is 0 Å². The Labute approximate surface area is 149 Å². The summed E-state index contributed by atoms with van der Waals surface area (Å²) in [5.74, 6) is 0.0456. The van der Waals surface area contributed by atoms with Gasteiger partial charge in [0.15, 0.2) is 0 Å². The maximum absolute atomic E-state index is 13.1. The Morgan fingerprint density at radius 3 is 2.28 bits per heavy atom. The van der Waals surface area contributed by atoms with Crippen LogP contribution >= 0.6 is 11.6 Å². The number of benzene rings is 1. The smallest absolute Gasteiger partial charge is 0.339 e. The van der Waals surface area contributed by atoms with Crippen LogP contribution in [0.1, 0.15) is 16.8 Å². The monoisotopic (exact) mass is 357 g/mol. The highest BCUT2D eigenvalue weighted by Crippen LogP contribution is 2.65. The van der Waals surface area contributed by atoms with Crippen molar-refractivity contribution in [1.29, 1.82) is 0 Å². The van der Waals surface area contributed by atoms with E-state index in [-0.39, 0.29) is 46.1 Å². The molecule has 2 bridgehead atoms. The molecular formula is C19H16ClNO4. The zero-order valence-electron chi connectivity index (χ0n) is 13.5. The van der Waals surface area contributed by atoms with E-state index in [0.717, 1.165) is 6.42 Å². The second-order valence-corrected chi connectivity index (χ2v) is 7.73. The maximum Gasteiger partial charge on any atom is 0.339 e. The standard InChI is InChI=1S/C19H16ClNO4/c1-25-19(24)13-6-8(2-5-14(13)20)21-17(22)15-9-3-4-10(12-7-11(9)12)16(15)18(21)23/h2-6,9-12,15-16H,7H2,1H3/t9-,10-,11-,12-,15+,16+/m1/s1. The van der Waals surface area contributed by atoms with Crippen molar-refractivity contribution in [2.75, 3.05) is 12.0 Å². The molecule has 25 heavy (non-hydrogen) atoms. The highest BCUT2D eigenvalue weighted by molar-refractivity contribution is 6.34. The third-order valence-electron chi connectivity index (χ3n) is 6.28. The van der Waals surface area contributed by atoms with E-state index in [1.165, 1.54) is 24.1 Å². The molecule has 0 spiro atoms. The van der Waals surface area contributed by atoms with Crippen LogP contribution in [0.25, 0.3) is 0 Å². The van der Waals surface area contributed by atoms with Crippen molar-refractivity contribution in [2.24, 2.45) is 35.5 Å². The van der Waals surface area contributed by atoms with Gasteiger partial charge < -0.3 is 4.74 Å². The fraction of sp³-hybridized carbons (Fsp3) is 0.421. The molecule has 5 nitrogen and oxygen atoms in total. The highest BCUT2D eigenvalue weighted by Gasteiger charge is 2.67. The van der Waals surface area contributed by atoms with Crippen LogP contribution in [0, 0.1) is 35.5 Å². The van der Waals surface area contributed by atoms with Gasteiger partial charge in [-0.1, -0.05) is 23.8 Å². The molecule has 6 heteroatoms. The lowest BCUT2D eigenvalue weighted by molar-refractivity contribution is -0.124. The summed E-state index contributed by atoms with van der Waals surface area (Å²) in [6.07, 6.45) is 5.40. The van der Waals surface area contributed by atoms with Gasteiger partial charge in [0, 0.05) is 0 Å². The Morgan fingerprint density at radius 2 is 1.72 bits per heavy atom. The lowest BCUT2D eigenvalue weighted by Crippen LogP contribution is -2.40. The number of carbonyl (C=O) groups is 3. The minimum Gasteiger partial charge on any atom is -0.465 e. The summed E-state index contributed by atoms with van der Waals surface area (Å²) in [6.45, 7) is 0. The number of esters is 1. The van der Waals surface area contributed by atoms with E-state index >= 15 is 0 Å². The normalized spacial score (nSPS) is 37.1. The van der Waals surface area contributed by atoms with E-state index < -0.39 is 5.97 Å². The van der Waals surface area contributed by atoms with Crippen molar-refractivity contribution < 1.29 is 19.1 Å². The molecule has 6 rings (SSSR count). The largest absolute Gasteiger partial charge is 0.465 e. The fourth-order valence-corrected chi connectivity index (χ4v) is 5.32. The number of rotatable bonds is 2. The van der Waals surface area contributed by atoms with Gasteiger partial charge in [-0.3, -0.25) is 9.59 Å². The van der Waals surface area contributed by atoms with Crippen LogP contribution in [-0.2, 0) is 14.3 Å². The molecule has 0 N–H and O–H groups in total. The highest BCUT2D eigenvalue weighted by atomic mass is 35.5. The number of methoxy groups -OCH3 is 1. The summed E-state index contributed by atoms with van der Waals surface area (Å²) in [5, 5.41) is 0.232. The number of hydrogen-bond donors (Lipinski definition) is 0. The Hall–Kier alpha value is -2.14. The second-order valence-electron chi connectivity index (χ2n) is 7.32. The zero-order chi connectivity index (χ0) is 17.5. The van der Waals surface area contributed by atoms with Crippen LogP contribution < -0.4 is 4.90 Å². The molecule has 0 aromatic heterocycles. The number of amides is 2. The van der Waals surface area contributed by atoms with E-state index in [9.17, 15) is 14.4 Å². The van der Waals surface area contributed by atoms with E-state index in [2.05, 4.69) is 12.2 Å². The van der Waals surface area contributed by atoms with Gasteiger partial charge in [-0.2, -0.15) is 0 Å². The molecule has 3 fully saturated rings. The van der Waals surface area contributed by atoms with Gasteiger partial charge in [0.25, 0.3) is 0 Å². The lowest BCUT2D eigenvalue weighted by Gasteiger charge is -2.37. The fourth-order valence-electron chi connectivity index (χ4n) is 5.13. The topological polar surface area (TPSA) is 63.7 Å². The number of hydrogen-bond acceptors (Lipinski definition) is 4. The number of carbonyl (C=O) groups excluding carboxylic acids is 3. The predicted molar refractivity (Wildman–Crippen MR) is 90.0 cm³/mol. The van der Waals surface area contributed by atoms with E-state index in [4.69, 9.17) is 16.3 Å². The SMILES string of the molecule is COC(=O)c1cc(N2C(=O)[C@H]3[C@@H]4C=C[C@H]([C@H]5C[C@H]45)[C@@H]3C2=O)ccc1Cl. The first kappa shape index (κ1) is 15.1. The van der Waals surface area contributed by atoms with E-state index in [0.29, 0.717) is 17.5 Å². The van der Waals surface area contributed by atoms with Gasteiger partial charge in [0.05, 0.1) is 35.2 Å². The summed E-state index contributed by atoms with van der Waals surface area (Å²) in [5.41, 5.74) is 0.545. The summed E-state index contributed by atoms with van der Waals surface area (Å²) in [6, 6.07) is 4.60. The molecule has 4 aliphatic carbocycles. The van der Waals surface area contributed by atoms with Crippen LogP contribution in [0.3, 0.4) is 0 Å². The quantitative estimate of drug-likeness (QED) is 0.464. The molecule has 1 aromatic carbocycles. The van der Waals surface area contributed by atoms with E-state index in [1.807, 2.05) is 0 Å². The third kappa shape index (κ3) is 1.87. The average Bonchev–Trinajstić information content (AvgIpc) is 3.39. The molecule has 5 aliphatic rings. The van der Waals surface area contributed by atoms with Crippen LogP contribution in [-0.4, -0.2) is 24.9 Å². The van der Waals surface area contributed by atoms with Gasteiger partial charge in [0.2, 0.25) is 11.8 Å². The van der Waals surface area contributed by atoms with Crippen molar-refractivity contribution >= 4 is 35.1 Å². The van der Waals surface area contributed by atoms with E-state index in [1.54, 1.807) is 6.07 Å². The van der Waals surface area contributed by atoms with Gasteiger partial charge >= 0.3 is 5.97 Å². The minimum absolute atomic E-state index is 0.154. The molecule has 6 atom stereocenters. The number of ether oxygens (including phenoxy) is 1. The zero-order valence-corrected chi connectivity index (χ0v) is 14.3. The number of imide groups is 1. The molecule has 0 radical (unpaired) electrons. The maximum atomic E-state index is 13.1. The number of anilines is 1. The van der Waals surface area contributed by atoms with Gasteiger partial charge in [-0.25, -0.2) is 9.69 Å². The third-order valence-corrected chi connectivity index (χ3v) is 6.61.